The second-order valence-corrected chi connectivity index (χ2v) is 9.06. The minimum atomic E-state index is -0.127. The van der Waals surface area contributed by atoms with Gasteiger partial charge in [-0.25, -0.2) is 9.97 Å². The molecule has 2 aromatic heterocycles. The highest BCUT2D eigenvalue weighted by Crippen LogP contribution is 2.27. The summed E-state index contributed by atoms with van der Waals surface area (Å²) in [6.07, 6.45) is 5.73. The van der Waals surface area contributed by atoms with Gasteiger partial charge in [0, 0.05) is 49.2 Å². The fourth-order valence-corrected chi connectivity index (χ4v) is 4.48. The number of benzene rings is 2. The molecule has 4 aromatic rings. The number of amides is 1. The van der Waals surface area contributed by atoms with Crippen molar-refractivity contribution in [3.05, 3.63) is 83.9 Å². The average Bonchev–Trinajstić information content (AvgIpc) is 3.36. The number of nitrogens with zero attached hydrogens (tertiary/aromatic N) is 4. The van der Waals surface area contributed by atoms with Gasteiger partial charge in [0.05, 0.1) is 11.1 Å². The smallest absolute Gasteiger partial charge is 0.253 e. The highest BCUT2D eigenvalue weighted by molar-refractivity contribution is 5.96. The van der Waals surface area contributed by atoms with Gasteiger partial charge >= 0.3 is 0 Å². The average molecular weight is 501 g/mol. The molecular formula is C29H36N6O2. The van der Waals surface area contributed by atoms with E-state index in [0.717, 1.165) is 47.6 Å². The lowest BCUT2D eigenvalue weighted by molar-refractivity contribution is 0.0948. The van der Waals surface area contributed by atoms with E-state index in [1.165, 1.54) is 5.56 Å². The molecule has 4 rings (SSSR count). The van der Waals surface area contributed by atoms with E-state index in [1.54, 1.807) is 6.33 Å². The Hall–Kier alpha value is -3.75. The highest BCUT2D eigenvalue weighted by atomic mass is 16.3. The number of nitrogens with one attached hydrogen (secondary N) is 2. The summed E-state index contributed by atoms with van der Waals surface area (Å²) in [5.74, 6) is 0.623. The summed E-state index contributed by atoms with van der Waals surface area (Å²) >= 11 is 0. The molecule has 3 N–H and O–H groups in total. The first kappa shape index (κ1) is 26.3. The molecule has 0 aliphatic heterocycles. The molecule has 8 heteroatoms. The molecule has 0 spiro atoms. The second-order valence-electron chi connectivity index (χ2n) is 9.06. The molecule has 2 heterocycles. The van der Waals surface area contributed by atoms with Crippen LogP contribution in [0.15, 0.2) is 67.3 Å². The van der Waals surface area contributed by atoms with Crippen molar-refractivity contribution in [3.8, 4) is 5.69 Å². The van der Waals surface area contributed by atoms with E-state index in [-0.39, 0.29) is 18.6 Å². The van der Waals surface area contributed by atoms with Crippen LogP contribution in [0.2, 0.25) is 0 Å². The molecule has 0 radical (unpaired) electrons. The highest BCUT2D eigenvalue weighted by Gasteiger charge is 2.16. The monoisotopic (exact) mass is 500 g/mol. The summed E-state index contributed by atoms with van der Waals surface area (Å²) in [5.41, 5.74) is 4.27. The SMILES string of the molecule is CCN(CC)CCNC(=O)c1cn(-c2ccc3ncnc(NC(C)c4ccccc4)c3c2)cc1CCO. The Bertz CT molecular complexity index is 1320. The Morgan fingerprint density at radius 3 is 2.59 bits per heavy atom. The Morgan fingerprint density at radius 1 is 1.08 bits per heavy atom. The molecule has 0 aliphatic rings. The van der Waals surface area contributed by atoms with Gasteiger partial charge in [-0.1, -0.05) is 44.2 Å². The van der Waals surface area contributed by atoms with Crippen LogP contribution in [0.3, 0.4) is 0 Å². The van der Waals surface area contributed by atoms with Crippen molar-refractivity contribution in [1.29, 1.82) is 0 Å². The molecule has 0 aliphatic carbocycles. The lowest BCUT2D eigenvalue weighted by Crippen LogP contribution is -2.35. The Labute approximate surface area is 218 Å². The Morgan fingerprint density at radius 2 is 1.86 bits per heavy atom. The topological polar surface area (TPSA) is 95.3 Å². The van der Waals surface area contributed by atoms with Crippen molar-refractivity contribution in [3.63, 3.8) is 0 Å². The fraction of sp³-hybridized carbons (Fsp3) is 0.345. The summed E-state index contributed by atoms with van der Waals surface area (Å²) in [6.45, 7) is 9.58. The van der Waals surface area contributed by atoms with Crippen LogP contribution >= 0.6 is 0 Å². The Balaban J connectivity index is 1.60. The van der Waals surface area contributed by atoms with E-state index in [0.29, 0.717) is 18.5 Å². The van der Waals surface area contributed by atoms with Crippen LogP contribution in [-0.4, -0.2) is 63.2 Å². The number of carbonyl (C=O) groups is 1. The van der Waals surface area contributed by atoms with Gasteiger partial charge in [-0.3, -0.25) is 4.79 Å². The molecule has 1 amide bonds. The van der Waals surface area contributed by atoms with Gasteiger partial charge in [0.2, 0.25) is 0 Å². The minimum absolute atomic E-state index is 0.0270. The van der Waals surface area contributed by atoms with Crippen LogP contribution in [0.1, 0.15) is 48.3 Å². The minimum Gasteiger partial charge on any atom is -0.396 e. The number of rotatable bonds is 12. The van der Waals surface area contributed by atoms with Crippen molar-refractivity contribution in [2.75, 3.05) is 38.1 Å². The van der Waals surface area contributed by atoms with E-state index in [4.69, 9.17) is 0 Å². The van der Waals surface area contributed by atoms with Gasteiger partial charge in [-0.2, -0.15) is 0 Å². The molecule has 0 saturated heterocycles. The molecule has 0 saturated carbocycles. The van der Waals surface area contributed by atoms with Crippen LogP contribution in [0, 0.1) is 0 Å². The summed E-state index contributed by atoms with van der Waals surface area (Å²) in [4.78, 5) is 24.2. The maximum absolute atomic E-state index is 13.0. The van der Waals surface area contributed by atoms with Crippen LogP contribution in [0.5, 0.6) is 0 Å². The molecule has 37 heavy (non-hydrogen) atoms. The quantitative estimate of drug-likeness (QED) is 0.270. The normalized spacial score (nSPS) is 12.1. The number of hydrogen-bond donors (Lipinski definition) is 3. The number of aliphatic hydroxyl groups excluding tert-OH is 1. The van der Waals surface area contributed by atoms with Crippen LogP contribution in [-0.2, 0) is 6.42 Å². The molecule has 194 valence electrons. The summed E-state index contributed by atoms with van der Waals surface area (Å²) < 4.78 is 1.93. The lowest BCUT2D eigenvalue weighted by atomic mass is 10.1. The van der Waals surface area contributed by atoms with E-state index < -0.39 is 0 Å². The number of fused-ring (bicyclic) bond motifs is 1. The first-order valence-corrected chi connectivity index (χ1v) is 12.9. The van der Waals surface area contributed by atoms with Gasteiger partial charge in [0.15, 0.2) is 0 Å². The first-order valence-electron chi connectivity index (χ1n) is 12.9. The third-order valence-electron chi connectivity index (χ3n) is 6.71. The third kappa shape index (κ3) is 6.34. The molecule has 1 atom stereocenters. The van der Waals surface area contributed by atoms with Crippen molar-refractivity contribution in [2.45, 2.75) is 33.2 Å². The number of aliphatic hydroxyl groups is 1. The van der Waals surface area contributed by atoms with Crippen molar-refractivity contribution < 1.29 is 9.90 Å². The predicted molar refractivity (Wildman–Crippen MR) is 148 cm³/mol. The molecule has 0 fully saturated rings. The number of carbonyl (C=O) groups excluding carboxylic acids is 1. The maximum atomic E-state index is 13.0. The number of likely N-dealkylation sites (N-methyl/N-ethyl adjacent to an activating group) is 1. The zero-order valence-corrected chi connectivity index (χ0v) is 21.8. The Kier molecular flexibility index (Phi) is 8.87. The molecule has 2 aromatic carbocycles. The lowest BCUT2D eigenvalue weighted by Gasteiger charge is -2.18. The van der Waals surface area contributed by atoms with Crippen molar-refractivity contribution in [2.24, 2.45) is 0 Å². The zero-order valence-electron chi connectivity index (χ0n) is 21.8. The first-order chi connectivity index (χ1) is 18.0. The third-order valence-corrected chi connectivity index (χ3v) is 6.71. The van der Waals surface area contributed by atoms with Gasteiger partial charge in [-0.05, 0) is 55.8 Å². The van der Waals surface area contributed by atoms with Gasteiger partial charge in [0.1, 0.15) is 12.1 Å². The summed E-state index contributed by atoms with van der Waals surface area (Å²) in [6, 6.07) is 16.3. The number of anilines is 1. The van der Waals surface area contributed by atoms with E-state index in [9.17, 15) is 9.90 Å². The van der Waals surface area contributed by atoms with E-state index in [2.05, 4.69) is 58.4 Å². The predicted octanol–water partition coefficient (Wildman–Crippen LogP) is 4.20. The summed E-state index contributed by atoms with van der Waals surface area (Å²) in [5, 5.41) is 17.0. The molecule has 0 bridgehead atoms. The van der Waals surface area contributed by atoms with Crippen molar-refractivity contribution >= 4 is 22.6 Å². The van der Waals surface area contributed by atoms with Crippen LogP contribution in [0.25, 0.3) is 16.6 Å². The largest absolute Gasteiger partial charge is 0.396 e. The van der Waals surface area contributed by atoms with E-state index >= 15 is 0 Å². The second kappa shape index (κ2) is 12.5. The van der Waals surface area contributed by atoms with Crippen LogP contribution in [0.4, 0.5) is 5.82 Å². The summed E-state index contributed by atoms with van der Waals surface area (Å²) in [7, 11) is 0. The number of aromatic nitrogens is 3. The van der Waals surface area contributed by atoms with Gasteiger partial charge in [0.25, 0.3) is 5.91 Å². The molecule has 1 unspecified atom stereocenters. The molecular weight excluding hydrogens is 464 g/mol. The fourth-order valence-electron chi connectivity index (χ4n) is 4.48. The standard InChI is InChI=1S/C29H36N6O2/c1-4-34(5-2)15-14-30-29(37)26-19-35(18-23(26)13-16-36)24-11-12-27-25(17-24)28(32-20-31-27)33-21(3)22-9-7-6-8-10-22/h6-12,17-21,36H,4-5,13-16H2,1-3H3,(H,30,37)(H,31,32,33). The van der Waals surface area contributed by atoms with E-state index in [1.807, 2.05) is 53.4 Å². The molecule has 8 nitrogen and oxygen atoms in total. The van der Waals surface area contributed by atoms with Gasteiger partial charge in [-0.15, -0.1) is 0 Å². The van der Waals surface area contributed by atoms with Crippen LogP contribution < -0.4 is 10.6 Å². The van der Waals surface area contributed by atoms with Gasteiger partial charge < -0.3 is 25.2 Å². The number of hydrogen-bond acceptors (Lipinski definition) is 6. The van der Waals surface area contributed by atoms with Crippen molar-refractivity contribution in [1.82, 2.24) is 24.8 Å². The zero-order chi connectivity index (χ0) is 26.2. The maximum Gasteiger partial charge on any atom is 0.253 e.